The zero-order valence-corrected chi connectivity index (χ0v) is 12.6. The van der Waals surface area contributed by atoms with Crippen LogP contribution in [-0.4, -0.2) is 17.0 Å². The SMILES string of the molecule is CNc1nc(C2CC2)nc(Nc2cc(F)ccc2Cl)c1C. The summed E-state index contributed by atoms with van der Waals surface area (Å²) >= 11 is 6.10. The van der Waals surface area contributed by atoms with E-state index in [-0.39, 0.29) is 5.82 Å². The molecule has 4 nitrogen and oxygen atoms in total. The van der Waals surface area contributed by atoms with Gasteiger partial charge in [-0.1, -0.05) is 11.6 Å². The fourth-order valence-corrected chi connectivity index (χ4v) is 2.31. The molecular weight excluding hydrogens is 291 g/mol. The molecule has 1 fully saturated rings. The zero-order chi connectivity index (χ0) is 15.0. The lowest BCUT2D eigenvalue weighted by atomic mass is 10.2. The van der Waals surface area contributed by atoms with Crippen LogP contribution < -0.4 is 10.6 Å². The number of anilines is 3. The van der Waals surface area contributed by atoms with Crippen LogP contribution >= 0.6 is 11.6 Å². The van der Waals surface area contributed by atoms with Crippen molar-refractivity contribution < 1.29 is 4.39 Å². The molecule has 1 aromatic heterocycles. The van der Waals surface area contributed by atoms with Crippen LogP contribution in [0.25, 0.3) is 0 Å². The average Bonchev–Trinajstić information content (AvgIpc) is 3.29. The molecule has 0 saturated heterocycles. The van der Waals surface area contributed by atoms with Crippen LogP contribution in [0.3, 0.4) is 0 Å². The lowest BCUT2D eigenvalue weighted by Crippen LogP contribution is -2.07. The van der Waals surface area contributed by atoms with Crippen LogP contribution in [-0.2, 0) is 0 Å². The molecular formula is C15H16ClFN4. The molecule has 1 saturated carbocycles. The number of aromatic nitrogens is 2. The van der Waals surface area contributed by atoms with E-state index in [1.807, 2.05) is 14.0 Å². The van der Waals surface area contributed by atoms with Crippen molar-refractivity contribution in [2.45, 2.75) is 25.7 Å². The number of rotatable bonds is 4. The van der Waals surface area contributed by atoms with E-state index in [9.17, 15) is 4.39 Å². The van der Waals surface area contributed by atoms with Crippen LogP contribution in [0.2, 0.25) is 5.02 Å². The topological polar surface area (TPSA) is 49.8 Å². The van der Waals surface area contributed by atoms with Crippen molar-refractivity contribution in [2.24, 2.45) is 0 Å². The summed E-state index contributed by atoms with van der Waals surface area (Å²) in [4.78, 5) is 9.09. The number of halogens is 2. The van der Waals surface area contributed by atoms with Gasteiger partial charge in [-0.2, -0.15) is 0 Å². The number of hydrogen-bond acceptors (Lipinski definition) is 4. The van der Waals surface area contributed by atoms with E-state index in [0.717, 1.165) is 30.0 Å². The van der Waals surface area contributed by atoms with Gasteiger partial charge in [0, 0.05) is 18.5 Å². The van der Waals surface area contributed by atoms with Gasteiger partial charge in [-0.05, 0) is 38.0 Å². The van der Waals surface area contributed by atoms with E-state index >= 15 is 0 Å². The zero-order valence-electron chi connectivity index (χ0n) is 11.9. The third kappa shape index (κ3) is 2.93. The predicted molar refractivity (Wildman–Crippen MR) is 83.0 cm³/mol. The summed E-state index contributed by atoms with van der Waals surface area (Å²) in [5.41, 5.74) is 1.38. The Labute approximate surface area is 127 Å². The summed E-state index contributed by atoms with van der Waals surface area (Å²) in [5.74, 6) is 2.34. The van der Waals surface area contributed by atoms with Gasteiger partial charge in [-0.3, -0.25) is 0 Å². The predicted octanol–water partition coefficient (Wildman–Crippen LogP) is 4.24. The van der Waals surface area contributed by atoms with Crippen molar-refractivity contribution in [3.05, 3.63) is 40.4 Å². The van der Waals surface area contributed by atoms with Gasteiger partial charge in [0.25, 0.3) is 0 Å². The molecule has 1 aromatic carbocycles. The van der Waals surface area contributed by atoms with Crippen molar-refractivity contribution >= 4 is 28.9 Å². The van der Waals surface area contributed by atoms with Gasteiger partial charge < -0.3 is 10.6 Å². The van der Waals surface area contributed by atoms with E-state index < -0.39 is 0 Å². The molecule has 0 unspecified atom stereocenters. The van der Waals surface area contributed by atoms with Crippen LogP contribution in [0.1, 0.15) is 30.1 Å². The third-order valence-corrected chi connectivity index (χ3v) is 3.85. The Morgan fingerprint density at radius 2 is 1.95 bits per heavy atom. The van der Waals surface area contributed by atoms with Crippen molar-refractivity contribution in [3.63, 3.8) is 0 Å². The van der Waals surface area contributed by atoms with Gasteiger partial charge in [-0.25, -0.2) is 14.4 Å². The quantitative estimate of drug-likeness (QED) is 0.887. The van der Waals surface area contributed by atoms with E-state index in [4.69, 9.17) is 11.6 Å². The maximum absolute atomic E-state index is 13.4. The van der Waals surface area contributed by atoms with Gasteiger partial charge in [0.1, 0.15) is 23.3 Å². The Hall–Kier alpha value is -1.88. The van der Waals surface area contributed by atoms with E-state index in [0.29, 0.717) is 22.4 Å². The highest BCUT2D eigenvalue weighted by atomic mass is 35.5. The van der Waals surface area contributed by atoms with Gasteiger partial charge in [0.15, 0.2) is 0 Å². The number of nitrogens with zero attached hydrogens (tertiary/aromatic N) is 2. The normalized spacial score (nSPS) is 14.1. The maximum Gasteiger partial charge on any atom is 0.139 e. The second-order valence-electron chi connectivity index (χ2n) is 5.18. The number of hydrogen-bond donors (Lipinski definition) is 2. The molecule has 1 aliphatic carbocycles. The lowest BCUT2D eigenvalue weighted by Gasteiger charge is -2.14. The molecule has 0 spiro atoms. The summed E-state index contributed by atoms with van der Waals surface area (Å²) in [6.45, 7) is 1.91. The number of benzene rings is 1. The first-order chi connectivity index (χ1) is 10.1. The lowest BCUT2D eigenvalue weighted by molar-refractivity contribution is 0.628. The highest BCUT2D eigenvalue weighted by molar-refractivity contribution is 6.33. The monoisotopic (exact) mass is 306 g/mol. The van der Waals surface area contributed by atoms with Crippen molar-refractivity contribution in [2.75, 3.05) is 17.7 Å². The molecule has 0 atom stereocenters. The molecule has 6 heteroatoms. The summed E-state index contributed by atoms with van der Waals surface area (Å²) < 4.78 is 13.4. The highest BCUT2D eigenvalue weighted by Crippen LogP contribution is 2.40. The van der Waals surface area contributed by atoms with Crippen molar-refractivity contribution in [1.29, 1.82) is 0 Å². The average molecular weight is 307 g/mol. The molecule has 1 aliphatic rings. The molecule has 0 radical (unpaired) electrons. The Kier molecular flexibility index (Phi) is 3.68. The van der Waals surface area contributed by atoms with Gasteiger partial charge in [0.05, 0.1) is 10.7 Å². The largest absolute Gasteiger partial charge is 0.373 e. The molecule has 3 rings (SSSR count). The Morgan fingerprint density at radius 1 is 1.24 bits per heavy atom. The minimum absolute atomic E-state index is 0.343. The fourth-order valence-electron chi connectivity index (χ4n) is 2.14. The highest BCUT2D eigenvalue weighted by Gasteiger charge is 2.28. The maximum atomic E-state index is 13.4. The van der Waals surface area contributed by atoms with Crippen LogP contribution in [0, 0.1) is 12.7 Å². The summed E-state index contributed by atoms with van der Waals surface area (Å²) in [7, 11) is 1.82. The molecule has 21 heavy (non-hydrogen) atoms. The summed E-state index contributed by atoms with van der Waals surface area (Å²) in [6, 6.07) is 4.21. The molecule has 0 aliphatic heterocycles. The van der Waals surface area contributed by atoms with Gasteiger partial charge in [-0.15, -0.1) is 0 Å². The molecule has 0 amide bonds. The van der Waals surface area contributed by atoms with E-state index in [1.54, 1.807) is 0 Å². The molecule has 110 valence electrons. The minimum Gasteiger partial charge on any atom is -0.373 e. The van der Waals surface area contributed by atoms with Crippen LogP contribution in [0.15, 0.2) is 18.2 Å². The Balaban J connectivity index is 2.00. The molecule has 1 heterocycles. The summed E-state index contributed by atoms with van der Waals surface area (Å²) in [5, 5.41) is 6.64. The standard InChI is InChI=1S/C15H16ClFN4/c1-8-13(18-2)20-15(9-3-4-9)21-14(8)19-12-7-10(17)5-6-11(12)16/h5-7,9H,3-4H2,1-2H3,(H2,18,19,20,21). The second-order valence-corrected chi connectivity index (χ2v) is 5.58. The summed E-state index contributed by atoms with van der Waals surface area (Å²) in [6.07, 6.45) is 2.23. The Morgan fingerprint density at radius 3 is 2.62 bits per heavy atom. The molecule has 2 aromatic rings. The minimum atomic E-state index is -0.343. The smallest absolute Gasteiger partial charge is 0.139 e. The van der Waals surface area contributed by atoms with E-state index in [1.165, 1.54) is 18.2 Å². The first-order valence-corrected chi connectivity index (χ1v) is 7.24. The second kappa shape index (κ2) is 5.48. The van der Waals surface area contributed by atoms with E-state index in [2.05, 4.69) is 20.6 Å². The first-order valence-electron chi connectivity index (χ1n) is 6.87. The van der Waals surface area contributed by atoms with Gasteiger partial charge in [0.2, 0.25) is 0 Å². The third-order valence-electron chi connectivity index (χ3n) is 3.52. The van der Waals surface area contributed by atoms with Crippen molar-refractivity contribution in [1.82, 2.24) is 9.97 Å². The van der Waals surface area contributed by atoms with Crippen LogP contribution in [0.5, 0.6) is 0 Å². The van der Waals surface area contributed by atoms with Gasteiger partial charge >= 0.3 is 0 Å². The first kappa shape index (κ1) is 14.1. The number of nitrogens with one attached hydrogen (secondary N) is 2. The van der Waals surface area contributed by atoms with Crippen LogP contribution in [0.4, 0.5) is 21.7 Å². The Bertz CT molecular complexity index is 686. The van der Waals surface area contributed by atoms with Crippen molar-refractivity contribution in [3.8, 4) is 0 Å². The molecule has 0 bridgehead atoms. The molecule has 2 N–H and O–H groups in total. The fraction of sp³-hybridized carbons (Fsp3) is 0.333.